The Balaban J connectivity index is 1.98. The van der Waals surface area contributed by atoms with E-state index in [4.69, 9.17) is 11.5 Å². The number of carbonyl (C=O) groups excluding carboxylic acids is 1. The number of unbranched alkanes of at least 4 members (excludes halogenated alkanes) is 1. The van der Waals surface area contributed by atoms with Crippen molar-refractivity contribution < 1.29 is 4.79 Å². The second-order valence-corrected chi connectivity index (χ2v) is 5.13. The van der Waals surface area contributed by atoms with Crippen LogP contribution in [0.1, 0.15) is 19.3 Å². The summed E-state index contributed by atoms with van der Waals surface area (Å²) in [5, 5.41) is 4.25. The van der Waals surface area contributed by atoms with Crippen LogP contribution in [0.2, 0.25) is 0 Å². The highest BCUT2D eigenvalue weighted by atomic mass is 32.1. The van der Waals surface area contributed by atoms with Crippen LogP contribution in [0.4, 0.5) is 10.8 Å². The van der Waals surface area contributed by atoms with Gasteiger partial charge >= 0.3 is 0 Å². The van der Waals surface area contributed by atoms with Gasteiger partial charge in [-0.15, -0.1) is 0 Å². The molecule has 0 aliphatic carbocycles. The molecule has 0 aromatic carbocycles. The molecular formula is C13H17N5OS. The first-order chi connectivity index (χ1) is 9.68. The van der Waals surface area contributed by atoms with Crippen molar-refractivity contribution in [3.8, 4) is 11.1 Å². The first-order valence-corrected chi connectivity index (χ1v) is 7.13. The van der Waals surface area contributed by atoms with Crippen LogP contribution >= 0.6 is 11.5 Å². The summed E-state index contributed by atoms with van der Waals surface area (Å²) in [7, 11) is 0. The smallest absolute Gasteiger partial charge is 0.217 e. The molecule has 0 radical (unpaired) electrons. The van der Waals surface area contributed by atoms with E-state index in [-0.39, 0.29) is 5.91 Å². The number of hydrogen-bond acceptors (Lipinski definition) is 6. The molecule has 1 amide bonds. The molecule has 0 fully saturated rings. The largest absolute Gasteiger partial charge is 0.382 e. The fourth-order valence-electron chi connectivity index (χ4n) is 1.85. The third-order valence-electron chi connectivity index (χ3n) is 2.82. The number of nitrogens with zero attached hydrogens (tertiary/aromatic N) is 2. The van der Waals surface area contributed by atoms with E-state index in [1.54, 1.807) is 12.4 Å². The summed E-state index contributed by atoms with van der Waals surface area (Å²) in [6.07, 6.45) is 5.52. The molecule has 0 unspecified atom stereocenters. The fraction of sp³-hybridized carbons (Fsp3) is 0.308. The molecule has 0 aliphatic heterocycles. The van der Waals surface area contributed by atoms with Gasteiger partial charge in [-0.3, -0.25) is 9.78 Å². The Labute approximate surface area is 121 Å². The van der Waals surface area contributed by atoms with Gasteiger partial charge in [0, 0.05) is 25.4 Å². The molecule has 5 N–H and O–H groups in total. The van der Waals surface area contributed by atoms with E-state index in [1.165, 1.54) is 11.5 Å². The first kappa shape index (κ1) is 14.3. The Morgan fingerprint density at radius 2 is 2.05 bits per heavy atom. The minimum absolute atomic E-state index is 0.260. The van der Waals surface area contributed by atoms with E-state index >= 15 is 0 Å². The molecule has 2 heterocycles. The SMILES string of the molecule is NC(=O)CCCCNc1snc(N)c1-c1ccncc1. The van der Waals surface area contributed by atoms with E-state index in [2.05, 4.69) is 14.7 Å². The molecule has 106 valence electrons. The Kier molecular flexibility index (Phi) is 4.89. The summed E-state index contributed by atoms with van der Waals surface area (Å²) >= 11 is 1.34. The first-order valence-electron chi connectivity index (χ1n) is 6.36. The molecule has 7 heteroatoms. The summed E-state index contributed by atoms with van der Waals surface area (Å²) in [6.45, 7) is 0.757. The molecule has 20 heavy (non-hydrogen) atoms. The van der Waals surface area contributed by atoms with E-state index in [9.17, 15) is 4.79 Å². The van der Waals surface area contributed by atoms with Crippen LogP contribution in [0, 0.1) is 0 Å². The van der Waals surface area contributed by atoms with Gasteiger partial charge in [-0.2, -0.15) is 4.37 Å². The van der Waals surface area contributed by atoms with Crippen LogP contribution in [0.25, 0.3) is 11.1 Å². The third kappa shape index (κ3) is 3.67. The standard InChI is InChI=1S/C13H17N5OS/c14-10(19)3-1-2-6-17-13-11(12(15)18-20-13)9-4-7-16-8-5-9/h4-5,7-8,17H,1-3,6H2,(H2,14,19)(H2,15,18). The van der Waals surface area contributed by atoms with E-state index < -0.39 is 0 Å². The van der Waals surface area contributed by atoms with E-state index in [0.29, 0.717) is 12.2 Å². The quantitative estimate of drug-likeness (QED) is 0.675. The molecule has 2 aromatic heterocycles. The molecule has 0 atom stereocenters. The maximum atomic E-state index is 10.6. The van der Waals surface area contributed by atoms with Crippen molar-refractivity contribution >= 4 is 28.3 Å². The maximum absolute atomic E-state index is 10.6. The molecule has 0 aliphatic rings. The summed E-state index contributed by atoms with van der Waals surface area (Å²) in [5.41, 5.74) is 12.9. The van der Waals surface area contributed by atoms with Crippen LogP contribution in [-0.2, 0) is 4.79 Å². The lowest BCUT2D eigenvalue weighted by Crippen LogP contribution is -2.10. The van der Waals surface area contributed by atoms with Gasteiger partial charge in [-0.25, -0.2) is 0 Å². The molecule has 2 rings (SSSR count). The van der Waals surface area contributed by atoms with Crippen molar-refractivity contribution in [3.05, 3.63) is 24.5 Å². The number of anilines is 2. The van der Waals surface area contributed by atoms with Crippen molar-refractivity contribution in [3.63, 3.8) is 0 Å². The lowest BCUT2D eigenvalue weighted by Gasteiger charge is -2.06. The van der Waals surface area contributed by atoms with Crippen molar-refractivity contribution in [1.82, 2.24) is 9.36 Å². The Morgan fingerprint density at radius 3 is 2.75 bits per heavy atom. The molecule has 0 bridgehead atoms. The van der Waals surface area contributed by atoms with Crippen LogP contribution < -0.4 is 16.8 Å². The second-order valence-electron chi connectivity index (χ2n) is 4.36. The number of nitrogens with one attached hydrogen (secondary N) is 1. The Morgan fingerprint density at radius 1 is 1.30 bits per heavy atom. The minimum Gasteiger partial charge on any atom is -0.382 e. The Hall–Kier alpha value is -2.15. The molecule has 0 spiro atoms. The Bertz CT molecular complexity index is 569. The number of primary amides is 1. The zero-order valence-electron chi connectivity index (χ0n) is 11.0. The lowest BCUT2D eigenvalue weighted by atomic mass is 10.1. The maximum Gasteiger partial charge on any atom is 0.217 e. The summed E-state index contributed by atoms with van der Waals surface area (Å²) in [4.78, 5) is 14.6. The van der Waals surface area contributed by atoms with E-state index in [0.717, 1.165) is 35.5 Å². The predicted octanol–water partition coefficient (Wildman–Crippen LogP) is 1.85. The molecule has 2 aromatic rings. The summed E-state index contributed by atoms with van der Waals surface area (Å²) in [6, 6.07) is 3.80. The van der Waals surface area contributed by atoms with E-state index in [1.807, 2.05) is 12.1 Å². The minimum atomic E-state index is -0.260. The molecule has 0 saturated carbocycles. The zero-order valence-corrected chi connectivity index (χ0v) is 11.8. The van der Waals surface area contributed by atoms with Crippen LogP contribution in [-0.4, -0.2) is 21.8 Å². The fourth-order valence-corrected chi connectivity index (χ4v) is 2.61. The lowest BCUT2D eigenvalue weighted by molar-refractivity contribution is -0.118. The van der Waals surface area contributed by atoms with Crippen molar-refractivity contribution in [2.24, 2.45) is 5.73 Å². The number of carbonyl (C=O) groups is 1. The molecular weight excluding hydrogens is 274 g/mol. The number of hydrogen-bond donors (Lipinski definition) is 3. The van der Waals surface area contributed by atoms with Crippen LogP contribution in [0.3, 0.4) is 0 Å². The summed E-state index contributed by atoms with van der Waals surface area (Å²) in [5.74, 6) is 0.255. The monoisotopic (exact) mass is 291 g/mol. The molecule has 0 saturated heterocycles. The number of rotatable bonds is 7. The van der Waals surface area contributed by atoms with Gasteiger partial charge in [0.05, 0.1) is 5.56 Å². The van der Waals surface area contributed by atoms with Gasteiger partial charge < -0.3 is 16.8 Å². The molecule has 6 nitrogen and oxygen atoms in total. The highest BCUT2D eigenvalue weighted by Crippen LogP contribution is 2.36. The van der Waals surface area contributed by atoms with Gasteiger partial charge in [0.1, 0.15) is 10.8 Å². The average Bonchev–Trinajstić information content (AvgIpc) is 2.80. The normalized spacial score (nSPS) is 10.4. The van der Waals surface area contributed by atoms with Crippen molar-refractivity contribution in [2.45, 2.75) is 19.3 Å². The van der Waals surface area contributed by atoms with Gasteiger partial charge in [-0.1, -0.05) is 0 Å². The van der Waals surface area contributed by atoms with Crippen molar-refractivity contribution in [1.29, 1.82) is 0 Å². The van der Waals surface area contributed by atoms with Crippen molar-refractivity contribution in [2.75, 3.05) is 17.6 Å². The highest BCUT2D eigenvalue weighted by molar-refractivity contribution is 7.11. The van der Waals surface area contributed by atoms with Crippen LogP contribution in [0.5, 0.6) is 0 Å². The number of aromatic nitrogens is 2. The predicted molar refractivity (Wildman–Crippen MR) is 81.3 cm³/mol. The van der Waals surface area contributed by atoms with Gasteiger partial charge in [-0.05, 0) is 42.1 Å². The number of pyridine rings is 1. The van der Waals surface area contributed by atoms with Gasteiger partial charge in [0.2, 0.25) is 5.91 Å². The summed E-state index contributed by atoms with van der Waals surface area (Å²) < 4.78 is 4.18. The number of amides is 1. The van der Waals surface area contributed by atoms with Gasteiger partial charge in [0.25, 0.3) is 0 Å². The second kappa shape index (κ2) is 6.85. The number of nitrogens with two attached hydrogens (primary N) is 2. The zero-order chi connectivity index (χ0) is 14.4. The average molecular weight is 291 g/mol. The van der Waals surface area contributed by atoms with Gasteiger partial charge in [0.15, 0.2) is 0 Å². The number of nitrogen functional groups attached to an aromatic ring is 1. The third-order valence-corrected chi connectivity index (χ3v) is 3.64. The highest BCUT2D eigenvalue weighted by Gasteiger charge is 2.12. The topological polar surface area (TPSA) is 107 Å². The van der Waals surface area contributed by atoms with Crippen LogP contribution in [0.15, 0.2) is 24.5 Å².